The van der Waals surface area contributed by atoms with E-state index in [0.717, 1.165) is 10.6 Å². The van der Waals surface area contributed by atoms with E-state index in [4.69, 9.17) is 23.1 Å². The second-order valence-electron chi connectivity index (χ2n) is 6.14. The molecule has 0 spiro atoms. The number of hydrogen-bond donors (Lipinski definition) is 4. The first kappa shape index (κ1) is 16.7. The summed E-state index contributed by atoms with van der Waals surface area (Å²) in [5.74, 6) is 0.0674. The number of hydrogen-bond acceptors (Lipinski definition) is 8. The molecule has 1 saturated carbocycles. The highest BCUT2D eigenvalue weighted by Crippen LogP contribution is 2.41. The smallest absolute Gasteiger partial charge is 0.226 e. The summed E-state index contributed by atoms with van der Waals surface area (Å²) in [5, 5.41) is 24.0. The molecular formula is C15H17ClN6O2S. The van der Waals surface area contributed by atoms with Gasteiger partial charge in [-0.2, -0.15) is 4.98 Å². The van der Waals surface area contributed by atoms with Gasteiger partial charge in [0.2, 0.25) is 5.28 Å². The molecular weight excluding hydrogens is 364 g/mol. The lowest BCUT2D eigenvalue weighted by Gasteiger charge is -2.19. The van der Waals surface area contributed by atoms with Gasteiger partial charge in [-0.15, -0.1) is 11.3 Å². The maximum Gasteiger partial charge on any atom is 0.226 e. The Kier molecular flexibility index (Phi) is 4.13. The highest BCUT2D eigenvalue weighted by molar-refractivity contribution is 7.13. The third-order valence-corrected chi connectivity index (χ3v) is 5.74. The molecule has 0 aliphatic heterocycles. The van der Waals surface area contributed by atoms with Crippen LogP contribution in [0.3, 0.4) is 0 Å². The zero-order valence-corrected chi connectivity index (χ0v) is 14.7. The fourth-order valence-electron chi connectivity index (χ4n) is 3.53. The van der Waals surface area contributed by atoms with Crippen LogP contribution in [0.2, 0.25) is 5.28 Å². The Morgan fingerprint density at radius 1 is 1.32 bits per heavy atom. The van der Waals surface area contributed by atoms with Crippen molar-refractivity contribution in [2.45, 2.75) is 24.7 Å². The van der Waals surface area contributed by atoms with Gasteiger partial charge < -0.3 is 26.2 Å². The number of rotatable bonds is 3. The van der Waals surface area contributed by atoms with E-state index in [2.05, 4.69) is 15.0 Å². The van der Waals surface area contributed by atoms with Gasteiger partial charge in [0.1, 0.15) is 22.6 Å². The Bertz CT molecular complexity index is 915. The van der Waals surface area contributed by atoms with Crippen molar-refractivity contribution < 1.29 is 10.2 Å². The molecule has 10 heteroatoms. The lowest BCUT2D eigenvalue weighted by Crippen LogP contribution is -2.31. The van der Waals surface area contributed by atoms with Crippen LogP contribution in [0.4, 0.5) is 5.82 Å². The van der Waals surface area contributed by atoms with E-state index in [1.54, 1.807) is 10.8 Å². The quantitative estimate of drug-likeness (QED) is 0.498. The standard InChI is InChI=1S/C15H17ClN6O2S/c16-15-20-12(18)9-7(14-19-1-2-25-14)5-22(13(9)21-15)8-3-6(4-17)10(23)11(8)24/h1-2,5-6,8,10-11,23-24H,3-4,17H2,(H2,18,20,21)/t6-,8-,10-,11+/m1/s1. The Hall–Kier alpha value is -1.78. The monoisotopic (exact) mass is 380 g/mol. The maximum atomic E-state index is 10.5. The van der Waals surface area contributed by atoms with Gasteiger partial charge in [0.25, 0.3) is 0 Å². The van der Waals surface area contributed by atoms with Crippen molar-refractivity contribution in [1.82, 2.24) is 19.5 Å². The fourth-order valence-corrected chi connectivity index (χ4v) is 4.35. The molecule has 6 N–H and O–H groups in total. The Morgan fingerprint density at radius 2 is 2.12 bits per heavy atom. The topological polar surface area (TPSA) is 136 Å². The van der Waals surface area contributed by atoms with Crippen LogP contribution in [-0.2, 0) is 0 Å². The molecule has 1 aliphatic carbocycles. The molecule has 1 aliphatic rings. The molecule has 1 fully saturated rings. The normalized spacial score (nSPS) is 26.6. The third-order valence-electron chi connectivity index (χ3n) is 4.77. The number of aromatic nitrogens is 4. The number of fused-ring (bicyclic) bond motifs is 1. The average Bonchev–Trinajstić information content (AvgIpc) is 3.27. The summed E-state index contributed by atoms with van der Waals surface area (Å²) in [5.41, 5.74) is 13.1. The van der Waals surface area contributed by atoms with Gasteiger partial charge in [0.05, 0.1) is 17.5 Å². The SMILES string of the molecule is NC[C@H]1C[C@@H](n2cc(-c3nccs3)c3c(N)nc(Cl)nc32)[C@H](O)[C@@H]1O. The second-order valence-corrected chi connectivity index (χ2v) is 7.38. The number of aliphatic hydroxyl groups excluding tert-OH is 2. The number of anilines is 1. The Morgan fingerprint density at radius 3 is 2.76 bits per heavy atom. The summed E-state index contributed by atoms with van der Waals surface area (Å²) in [4.78, 5) is 12.7. The van der Waals surface area contributed by atoms with Crippen molar-refractivity contribution in [2.75, 3.05) is 12.3 Å². The van der Waals surface area contributed by atoms with E-state index in [-0.39, 0.29) is 23.1 Å². The average molecular weight is 381 g/mol. The molecule has 4 atom stereocenters. The van der Waals surface area contributed by atoms with Crippen LogP contribution < -0.4 is 11.5 Å². The number of nitrogen functional groups attached to an aromatic ring is 1. The number of thiazole rings is 1. The summed E-state index contributed by atoms with van der Waals surface area (Å²) in [6, 6.07) is -0.384. The lowest BCUT2D eigenvalue weighted by atomic mass is 10.1. The van der Waals surface area contributed by atoms with Gasteiger partial charge in [-0.05, 0) is 24.6 Å². The summed E-state index contributed by atoms with van der Waals surface area (Å²) in [6.45, 7) is 0.297. The van der Waals surface area contributed by atoms with Crippen LogP contribution in [0.25, 0.3) is 21.6 Å². The third kappa shape index (κ3) is 2.59. The van der Waals surface area contributed by atoms with Gasteiger partial charge in [-0.25, -0.2) is 9.97 Å². The minimum atomic E-state index is -0.955. The largest absolute Gasteiger partial charge is 0.390 e. The molecule has 0 bridgehead atoms. The summed E-state index contributed by atoms with van der Waals surface area (Å²) in [7, 11) is 0. The van der Waals surface area contributed by atoms with Crippen LogP contribution in [0.5, 0.6) is 0 Å². The summed E-state index contributed by atoms with van der Waals surface area (Å²) in [6.07, 6.45) is 2.23. The van der Waals surface area contributed by atoms with Crippen LogP contribution >= 0.6 is 22.9 Å². The molecule has 0 radical (unpaired) electrons. The van der Waals surface area contributed by atoms with E-state index in [1.807, 2.05) is 11.6 Å². The first-order valence-corrected chi connectivity index (χ1v) is 9.06. The predicted molar refractivity (Wildman–Crippen MR) is 96.3 cm³/mol. The minimum absolute atomic E-state index is 0.0263. The fraction of sp³-hybridized carbons (Fsp3) is 0.400. The van der Waals surface area contributed by atoms with E-state index in [0.29, 0.717) is 24.0 Å². The Labute approximate surface area is 152 Å². The lowest BCUT2D eigenvalue weighted by molar-refractivity contribution is 0.00823. The number of halogens is 1. The van der Waals surface area contributed by atoms with E-state index < -0.39 is 12.2 Å². The van der Waals surface area contributed by atoms with Crippen molar-refractivity contribution in [2.24, 2.45) is 11.7 Å². The highest BCUT2D eigenvalue weighted by atomic mass is 35.5. The molecule has 3 aromatic heterocycles. The summed E-state index contributed by atoms with van der Waals surface area (Å²) >= 11 is 7.46. The molecule has 0 unspecified atom stereocenters. The molecule has 0 saturated heterocycles. The van der Waals surface area contributed by atoms with Gasteiger partial charge in [0, 0.05) is 29.3 Å². The van der Waals surface area contributed by atoms with Gasteiger partial charge >= 0.3 is 0 Å². The summed E-state index contributed by atoms with van der Waals surface area (Å²) < 4.78 is 1.81. The predicted octanol–water partition coefficient (Wildman–Crippen LogP) is 1.03. The first-order chi connectivity index (χ1) is 12.0. The molecule has 3 heterocycles. The van der Waals surface area contributed by atoms with Crippen molar-refractivity contribution in [3.63, 3.8) is 0 Å². The first-order valence-electron chi connectivity index (χ1n) is 7.81. The Balaban J connectivity index is 1.93. The van der Waals surface area contributed by atoms with E-state index in [1.165, 1.54) is 11.3 Å². The van der Waals surface area contributed by atoms with Crippen LogP contribution in [0.1, 0.15) is 12.5 Å². The molecule has 3 aromatic rings. The number of nitrogens with zero attached hydrogens (tertiary/aromatic N) is 4. The van der Waals surface area contributed by atoms with Crippen molar-refractivity contribution in [1.29, 1.82) is 0 Å². The van der Waals surface area contributed by atoms with Crippen molar-refractivity contribution in [3.05, 3.63) is 23.1 Å². The molecule has 0 amide bonds. The molecule has 132 valence electrons. The van der Waals surface area contributed by atoms with Gasteiger partial charge in [-0.1, -0.05) is 0 Å². The van der Waals surface area contributed by atoms with Crippen molar-refractivity contribution in [3.8, 4) is 10.6 Å². The van der Waals surface area contributed by atoms with Crippen LogP contribution in [-0.4, -0.2) is 48.5 Å². The van der Waals surface area contributed by atoms with Gasteiger partial charge in [-0.3, -0.25) is 0 Å². The molecule has 0 aromatic carbocycles. The molecule has 8 nitrogen and oxygen atoms in total. The highest BCUT2D eigenvalue weighted by Gasteiger charge is 2.42. The molecule has 25 heavy (non-hydrogen) atoms. The molecule has 4 rings (SSSR count). The number of aliphatic hydroxyl groups is 2. The van der Waals surface area contributed by atoms with Crippen LogP contribution in [0, 0.1) is 5.92 Å². The second kappa shape index (κ2) is 6.19. The van der Waals surface area contributed by atoms with Crippen molar-refractivity contribution >= 4 is 39.8 Å². The van der Waals surface area contributed by atoms with Gasteiger partial charge in [0.15, 0.2) is 0 Å². The van der Waals surface area contributed by atoms with E-state index in [9.17, 15) is 10.2 Å². The number of nitrogens with two attached hydrogens (primary N) is 2. The minimum Gasteiger partial charge on any atom is -0.390 e. The van der Waals surface area contributed by atoms with E-state index >= 15 is 0 Å². The maximum absolute atomic E-state index is 10.5. The van der Waals surface area contributed by atoms with Crippen LogP contribution in [0.15, 0.2) is 17.8 Å². The zero-order chi connectivity index (χ0) is 17.7. The zero-order valence-electron chi connectivity index (χ0n) is 13.1.